The number of hydrogen-bond donors (Lipinski definition) is 1. The molecule has 0 saturated carbocycles. The lowest BCUT2D eigenvalue weighted by Gasteiger charge is -2.08. The van der Waals surface area contributed by atoms with Crippen LogP contribution in [0.25, 0.3) is 0 Å². The van der Waals surface area contributed by atoms with E-state index >= 15 is 0 Å². The summed E-state index contributed by atoms with van der Waals surface area (Å²) in [6.07, 6.45) is 0. The SMILES string of the molecule is CCN1C(=O)c2ccccc2C1=O.CCO. The molecule has 4 nitrogen and oxygen atoms in total. The monoisotopic (exact) mass is 221 g/mol. The summed E-state index contributed by atoms with van der Waals surface area (Å²) in [6, 6.07) is 6.91. The first-order valence-corrected chi connectivity index (χ1v) is 5.23. The fraction of sp³-hybridized carbons (Fsp3) is 0.333. The molecule has 4 heteroatoms. The summed E-state index contributed by atoms with van der Waals surface area (Å²) in [5.74, 6) is -0.355. The number of carbonyl (C=O) groups excluding carboxylic acids is 2. The van der Waals surface area contributed by atoms with Gasteiger partial charge in [-0.15, -0.1) is 0 Å². The van der Waals surface area contributed by atoms with Crippen LogP contribution in [0.3, 0.4) is 0 Å². The van der Waals surface area contributed by atoms with Crippen molar-refractivity contribution in [1.29, 1.82) is 0 Å². The van der Waals surface area contributed by atoms with E-state index in [1.165, 1.54) is 4.90 Å². The molecule has 1 aliphatic rings. The Kier molecular flexibility index (Phi) is 4.19. The molecule has 0 spiro atoms. The Bertz CT molecular complexity index is 366. The van der Waals surface area contributed by atoms with Crippen molar-refractivity contribution in [3.8, 4) is 0 Å². The average molecular weight is 221 g/mol. The molecular formula is C12H15NO3. The molecule has 0 saturated heterocycles. The van der Waals surface area contributed by atoms with Crippen LogP contribution in [0.4, 0.5) is 0 Å². The molecule has 1 aliphatic heterocycles. The maximum absolute atomic E-state index is 11.5. The molecule has 0 unspecified atom stereocenters. The Hall–Kier alpha value is -1.68. The van der Waals surface area contributed by atoms with Crippen LogP contribution >= 0.6 is 0 Å². The lowest BCUT2D eigenvalue weighted by atomic mass is 10.1. The molecule has 16 heavy (non-hydrogen) atoms. The van der Waals surface area contributed by atoms with Crippen LogP contribution in [0.15, 0.2) is 24.3 Å². The van der Waals surface area contributed by atoms with E-state index in [1.54, 1.807) is 38.1 Å². The van der Waals surface area contributed by atoms with Crippen LogP contribution in [0.5, 0.6) is 0 Å². The maximum atomic E-state index is 11.5. The van der Waals surface area contributed by atoms with E-state index in [0.717, 1.165) is 0 Å². The minimum atomic E-state index is -0.178. The molecule has 1 aromatic rings. The van der Waals surface area contributed by atoms with Gasteiger partial charge in [-0.2, -0.15) is 0 Å². The van der Waals surface area contributed by atoms with Gasteiger partial charge in [0.05, 0.1) is 11.1 Å². The first-order chi connectivity index (χ1) is 7.67. The Morgan fingerprint density at radius 3 is 1.75 bits per heavy atom. The van der Waals surface area contributed by atoms with Crippen LogP contribution in [0.2, 0.25) is 0 Å². The quantitative estimate of drug-likeness (QED) is 0.727. The topological polar surface area (TPSA) is 57.6 Å². The fourth-order valence-electron chi connectivity index (χ4n) is 1.53. The lowest BCUT2D eigenvalue weighted by molar-refractivity contribution is 0.0663. The molecule has 0 aliphatic carbocycles. The third-order valence-electron chi connectivity index (χ3n) is 2.19. The minimum absolute atomic E-state index is 0.178. The average Bonchev–Trinajstić information content (AvgIpc) is 2.53. The number of rotatable bonds is 1. The van der Waals surface area contributed by atoms with Crippen molar-refractivity contribution in [3.05, 3.63) is 35.4 Å². The highest BCUT2D eigenvalue weighted by molar-refractivity contribution is 6.21. The molecule has 1 N–H and O–H groups in total. The van der Waals surface area contributed by atoms with E-state index in [2.05, 4.69) is 0 Å². The molecule has 0 aromatic heterocycles. The van der Waals surface area contributed by atoms with E-state index in [-0.39, 0.29) is 18.4 Å². The summed E-state index contributed by atoms with van der Waals surface area (Å²) in [7, 11) is 0. The molecule has 2 amide bonds. The molecule has 0 fully saturated rings. The number of nitrogens with zero attached hydrogens (tertiary/aromatic N) is 1. The molecule has 0 radical (unpaired) electrons. The second kappa shape index (κ2) is 5.42. The summed E-state index contributed by atoms with van der Waals surface area (Å²) in [5, 5.41) is 7.57. The second-order valence-corrected chi connectivity index (χ2v) is 3.22. The molecule has 1 heterocycles. The zero-order valence-corrected chi connectivity index (χ0v) is 9.43. The minimum Gasteiger partial charge on any atom is -0.397 e. The van der Waals surface area contributed by atoms with Crippen molar-refractivity contribution in [2.75, 3.05) is 13.2 Å². The van der Waals surface area contributed by atoms with Gasteiger partial charge in [0.1, 0.15) is 0 Å². The van der Waals surface area contributed by atoms with Gasteiger partial charge in [0.25, 0.3) is 11.8 Å². The molecule has 2 rings (SSSR count). The highest BCUT2D eigenvalue weighted by Gasteiger charge is 2.33. The van der Waals surface area contributed by atoms with Gasteiger partial charge < -0.3 is 5.11 Å². The molecule has 0 atom stereocenters. The van der Waals surface area contributed by atoms with Crippen LogP contribution in [0, 0.1) is 0 Å². The summed E-state index contributed by atoms with van der Waals surface area (Å²) in [5.41, 5.74) is 1.05. The number of carbonyl (C=O) groups is 2. The zero-order valence-electron chi connectivity index (χ0n) is 9.43. The number of hydrogen-bond acceptors (Lipinski definition) is 3. The molecule has 1 aromatic carbocycles. The highest BCUT2D eigenvalue weighted by atomic mass is 16.2. The van der Waals surface area contributed by atoms with Crippen molar-refractivity contribution < 1.29 is 14.7 Å². The number of aliphatic hydroxyl groups excluding tert-OH is 1. The Labute approximate surface area is 94.5 Å². The van der Waals surface area contributed by atoms with Crippen LogP contribution < -0.4 is 0 Å². The Morgan fingerprint density at radius 2 is 1.44 bits per heavy atom. The number of fused-ring (bicyclic) bond motifs is 1. The van der Waals surface area contributed by atoms with Gasteiger partial charge >= 0.3 is 0 Å². The Balaban J connectivity index is 0.000000386. The normalized spacial score (nSPS) is 13.3. The number of benzene rings is 1. The zero-order chi connectivity index (χ0) is 12.1. The lowest BCUT2D eigenvalue weighted by Crippen LogP contribution is -2.29. The molecular weight excluding hydrogens is 206 g/mol. The van der Waals surface area contributed by atoms with Gasteiger partial charge in [0, 0.05) is 13.2 Å². The van der Waals surface area contributed by atoms with E-state index < -0.39 is 0 Å². The van der Waals surface area contributed by atoms with Crippen LogP contribution in [0.1, 0.15) is 34.6 Å². The first-order valence-electron chi connectivity index (χ1n) is 5.23. The standard InChI is InChI=1S/C10H9NO2.C2H6O/c1-2-11-9(12)7-5-3-4-6-8(7)10(11)13;1-2-3/h3-6H,2H2,1H3;3H,2H2,1H3. The summed E-state index contributed by atoms with van der Waals surface area (Å²) in [6.45, 7) is 4.16. The fourth-order valence-corrected chi connectivity index (χ4v) is 1.53. The second-order valence-electron chi connectivity index (χ2n) is 3.22. The smallest absolute Gasteiger partial charge is 0.261 e. The largest absolute Gasteiger partial charge is 0.397 e. The van der Waals surface area contributed by atoms with Gasteiger partial charge in [-0.05, 0) is 26.0 Å². The van der Waals surface area contributed by atoms with Crippen LogP contribution in [-0.2, 0) is 0 Å². The summed E-state index contributed by atoms with van der Waals surface area (Å²) >= 11 is 0. The first kappa shape index (κ1) is 12.4. The van der Waals surface area contributed by atoms with Crippen molar-refractivity contribution in [2.24, 2.45) is 0 Å². The van der Waals surface area contributed by atoms with Gasteiger partial charge in [-0.25, -0.2) is 0 Å². The van der Waals surface area contributed by atoms with Gasteiger partial charge in [0.15, 0.2) is 0 Å². The summed E-state index contributed by atoms with van der Waals surface area (Å²) < 4.78 is 0. The van der Waals surface area contributed by atoms with E-state index in [1.807, 2.05) is 0 Å². The number of amides is 2. The third kappa shape index (κ3) is 2.12. The Morgan fingerprint density at radius 1 is 1.06 bits per heavy atom. The highest BCUT2D eigenvalue weighted by Crippen LogP contribution is 2.21. The van der Waals surface area contributed by atoms with E-state index in [9.17, 15) is 9.59 Å². The number of imide groups is 1. The van der Waals surface area contributed by atoms with E-state index in [0.29, 0.717) is 17.7 Å². The van der Waals surface area contributed by atoms with Gasteiger partial charge in [-0.3, -0.25) is 14.5 Å². The van der Waals surface area contributed by atoms with Crippen LogP contribution in [-0.4, -0.2) is 35.0 Å². The molecule has 86 valence electrons. The van der Waals surface area contributed by atoms with Crippen molar-refractivity contribution in [3.63, 3.8) is 0 Å². The van der Waals surface area contributed by atoms with Crippen molar-refractivity contribution >= 4 is 11.8 Å². The van der Waals surface area contributed by atoms with Gasteiger partial charge in [0.2, 0.25) is 0 Å². The van der Waals surface area contributed by atoms with Crippen molar-refractivity contribution in [2.45, 2.75) is 13.8 Å². The summed E-state index contributed by atoms with van der Waals surface area (Å²) in [4.78, 5) is 24.3. The van der Waals surface area contributed by atoms with Gasteiger partial charge in [-0.1, -0.05) is 12.1 Å². The molecule has 0 bridgehead atoms. The predicted octanol–water partition coefficient (Wildman–Crippen LogP) is 1.30. The van der Waals surface area contributed by atoms with Crippen molar-refractivity contribution in [1.82, 2.24) is 4.90 Å². The predicted molar refractivity (Wildman–Crippen MR) is 60.2 cm³/mol. The maximum Gasteiger partial charge on any atom is 0.261 e. The third-order valence-corrected chi connectivity index (χ3v) is 2.19. The van der Waals surface area contributed by atoms with E-state index in [4.69, 9.17) is 5.11 Å². The number of aliphatic hydroxyl groups is 1.